The molecule has 0 atom stereocenters. The van der Waals surface area contributed by atoms with E-state index in [0.29, 0.717) is 0 Å². The van der Waals surface area contributed by atoms with Crippen LogP contribution in [0.1, 0.15) is 43.7 Å². The molecule has 0 radical (unpaired) electrons. The minimum atomic E-state index is 0.0820. The fraction of sp³-hybridized carbons (Fsp3) is 0.0357. The predicted molar refractivity (Wildman–Crippen MR) is 119 cm³/mol. The normalized spacial score (nSPS) is 13.7. The van der Waals surface area contributed by atoms with Crippen molar-refractivity contribution in [3.63, 3.8) is 0 Å². The molecular weight excluding hydrogens is 368 g/mol. The van der Waals surface area contributed by atoms with E-state index in [1.807, 2.05) is 66.7 Å². The lowest BCUT2D eigenvalue weighted by molar-refractivity contribution is 0.103. The SMILES string of the molecule is Cc1ccc2c(c1)C(=C1c3ccccc3Oc3ccccc31)c1ccccc1C2=O. The fourth-order valence-electron chi connectivity index (χ4n) is 4.58. The highest BCUT2D eigenvalue weighted by Crippen LogP contribution is 2.50. The number of ether oxygens (including phenoxy) is 1. The molecule has 4 aromatic carbocycles. The molecule has 0 aromatic heterocycles. The minimum Gasteiger partial charge on any atom is -0.456 e. The third-order valence-electron chi connectivity index (χ3n) is 5.91. The van der Waals surface area contributed by atoms with Gasteiger partial charge in [0.25, 0.3) is 0 Å². The average molecular weight is 386 g/mol. The number of fused-ring (bicyclic) bond motifs is 4. The summed E-state index contributed by atoms with van der Waals surface area (Å²) in [5.41, 5.74) is 8.88. The van der Waals surface area contributed by atoms with E-state index in [2.05, 4.69) is 31.2 Å². The van der Waals surface area contributed by atoms with Gasteiger partial charge in [-0.2, -0.15) is 0 Å². The van der Waals surface area contributed by atoms with Crippen LogP contribution in [0.15, 0.2) is 91.0 Å². The summed E-state index contributed by atoms with van der Waals surface area (Å²) < 4.78 is 6.22. The third-order valence-corrected chi connectivity index (χ3v) is 5.91. The number of ketones is 1. The van der Waals surface area contributed by atoms with Crippen LogP contribution in [-0.2, 0) is 0 Å². The summed E-state index contributed by atoms with van der Waals surface area (Å²) in [5, 5.41) is 0. The van der Waals surface area contributed by atoms with Gasteiger partial charge in [-0.1, -0.05) is 84.4 Å². The number of aryl methyl sites for hydroxylation is 1. The number of carbonyl (C=O) groups excluding carboxylic acids is 1. The highest BCUT2D eigenvalue weighted by Gasteiger charge is 2.32. The first-order chi connectivity index (χ1) is 14.7. The Labute approximate surface area is 175 Å². The van der Waals surface area contributed by atoms with Crippen LogP contribution in [0, 0.1) is 6.92 Å². The Morgan fingerprint density at radius 2 is 1.03 bits per heavy atom. The second-order valence-electron chi connectivity index (χ2n) is 7.77. The number of carbonyl (C=O) groups is 1. The number of hydrogen-bond donors (Lipinski definition) is 0. The first-order valence-electron chi connectivity index (χ1n) is 10.1. The molecule has 0 unspecified atom stereocenters. The summed E-state index contributed by atoms with van der Waals surface area (Å²) >= 11 is 0. The van der Waals surface area contributed by atoms with Crippen LogP contribution >= 0.6 is 0 Å². The van der Waals surface area contributed by atoms with E-state index in [-0.39, 0.29) is 5.78 Å². The Balaban J connectivity index is 1.82. The Kier molecular flexibility index (Phi) is 3.57. The number of benzene rings is 4. The van der Waals surface area contributed by atoms with E-state index in [0.717, 1.165) is 61.6 Å². The van der Waals surface area contributed by atoms with Gasteiger partial charge < -0.3 is 4.74 Å². The van der Waals surface area contributed by atoms with Crippen molar-refractivity contribution >= 4 is 16.9 Å². The zero-order valence-corrected chi connectivity index (χ0v) is 16.5. The van der Waals surface area contributed by atoms with Gasteiger partial charge in [-0.05, 0) is 35.8 Å². The molecule has 30 heavy (non-hydrogen) atoms. The van der Waals surface area contributed by atoms with Crippen LogP contribution in [0.5, 0.6) is 11.5 Å². The van der Waals surface area contributed by atoms with Crippen molar-refractivity contribution in [3.8, 4) is 11.5 Å². The Hall–Kier alpha value is -3.91. The second-order valence-corrected chi connectivity index (χ2v) is 7.77. The zero-order valence-electron chi connectivity index (χ0n) is 16.5. The fourth-order valence-corrected chi connectivity index (χ4v) is 4.58. The molecule has 0 saturated carbocycles. The van der Waals surface area contributed by atoms with Crippen molar-refractivity contribution in [1.29, 1.82) is 0 Å². The Morgan fingerprint density at radius 3 is 1.70 bits per heavy atom. The first-order valence-corrected chi connectivity index (χ1v) is 10.1. The van der Waals surface area contributed by atoms with Gasteiger partial charge in [-0.25, -0.2) is 0 Å². The van der Waals surface area contributed by atoms with E-state index < -0.39 is 0 Å². The Bertz CT molecular complexity index is 1340. The van der Waals surface area contributed by atoms with E-state index in [4.69, 9.17) is 4.74 Å². The van der Waals surface area contributed by atoms with E-state index in [1.54, 1.807) is 0 Å². The topological polar surface area (TPSA) is 26.3 Å². The van der Waals surface area contributed by atoms with Gasteiger partial charge in [0.05, 0.1) is 0 Å². The molecule has 0 saturated heterocycles. The van der Waals surface area contributed by atoms with Crippen LogP contribution in [0.25, 0.3) is 11.1 Å². The van der Waals surface area contributed by atoms with Crippen molar-refractivity contribution in [1.82, 2.24) is 0 Å². The maximum atomic E-state index is 13.3. The van der Waals surface area contributed by atoms with Crippen molar-refractivity contribution in [3.05, 3.63) is 130 Å². The van der Waals surface area contributed by atoms with Gasteiger partial charge in [-0.3, -0.25) is 4.79 Å². The monoisotopic (exact) mass is 386 g/mol. The van der Waals surface area contributed by atoms with Gasteiger partial charge in [0.15, 0.2) is 5.78 Å². The summed E-state index contributed by atoms with van der Waals surface area (Å²) in [6.45, 7) is 2.07. The molecule has 0 bridgehead atoms. The smallest absolute Gasteiger partial charge is 0.194 e. The van der Waals surface area contributed by atoms with Gasteiger partial charge in [0.2, 0.25) is 0 Å². The molecule has 2 aliphatic rings. The third kappa shape index (κ3) is 2.34. The maximum absolute atomic E-state index is 13.3. The quantitative estimate of drug-likeness (QED) is 0.292. The predicted octanol–water partition coefficient (Wildman–Crippen LogP) is 6.65. The van der Waals surface area contributed by atoms with Crippen molar-refractivity contribution in [2.45, 2.75) is 6.92 Å². The van der Waals surface area contributed by atoms with Gasteiger partial charge in [-0.15, -0.1) is 0 Å². The molecule has 2 nitrogen and oxygen atoms in total. The molecule has 0 spiro atoms. The molecule has 1 aliphatic heterocycles. The number of para-hydroxylation sites is 2. The molecule has 142 valence electrons. The summed E-state index contributed by atoms with van der Waals surface area (Å²) in [7, 11) is 0. The number of rotatable bonds is 0. The van der Waals surface area contributed by atoms with Crippen LogP contribution in [0.2, 0.25) is 0 Å². The van der Waals surface area contributed by atoms with E-state index >= 15 is 0 Å². The Morgan fingerprint density at radius 1 is 0.533 bits per heavy atom. The first kappa shape index (κ1) is 17.0. The van der Waals surface area contributed by atoms with Crippen LogP contribution in [0.3, 0.4) is 0 Å². The minimum absolute atomic E-state index is 0.0820. The average Bonchev–Trinajstić information content (AvgIpc) is 2.78. The van der Waals surface area contributed by atoms with Gasteiger partial charge >= 0.3 is 0 Å². The molecular formula is C28H18O2. The van der Waals surface area contributed by atoms with Crippen LogP contribution < -0.4 is 4.74 Å². The van der Waals surface area contributed by atoms with Crippen molar-refractivity contribution in [2.75, 3.05) is 0 Å². The summed E-state index contributed by atoms with van der Waals surface area (Å²) in [5.74, 6) is 1.75. The lowest BCUT2D eigenvalue weighted by Gasteiger charge is -2.29. The molecule has 4 aromatic rings. The van der Waals surface area contributed by atoms with Crippen LogP contribution in [-0.4, -0.2) is 5.78 Å². The molecule has 0 amide bonds. The molecule has 1 heterocycles. The lowest BCUT2D eigenvalue weighted by Crippen LogP contribution is -2.16. The highest BCUT2D eigenvalue weighted by molar-refractivity contribution is 6.23. The summed E-state index contributed by atoms with van der Waals surface area (Å²) in [4.78, 5) is 13.3. The largest absolute Gasteiger partial charge is 0.456 e. The lowest BCUT2D eigenvalue weighted by atomic mass is 9.76. The molecule has 2 heteroatoms. The molecule has 6 rings (SSSR count). The summed E-state index contributed by atoms with van der Waals surface area (Å²) in [6, 6.07) is 30.3. The summed E-state index contributed by atoms with van der Waals surface area (Å²) in [6.07, 6.45) is 0. The zero-order chi connectivity index (χ0) is 20.2. The van der Waals surface area contributed by atoms with Crippen molar-refractivity contribution < 1.29 is 9.53 Å². The van der Waals surface area contributed by atoms with Gasteiger partial charge in [0, 0.05) is 27.8 Å². The second kappa shape index (κ2) is 6.30. The van der Waals surface area contributed by atoms with E-state index in [9.17, 15) is 4.79 Å². The van der Waals surface area contributed by atoms with Crippen molar-refractivity contribution in [2.24, 2.45) is 0 Å². The number of hydrogen-bond acceptors (Lipinski definition) is 2. The molecule has 1 aliphatic carbocycles. The standard InChI is InChI=1S/C28H18O2/c1-17-14-15-20-23(16-17)26(18-8-2-3-9-19(18)28(20)29)27-21-10-4-6-12-24(21)30-25-13-7-5-11-22(25)27/h2-16H,1H3. The molecule has 0 N–H and O–H groups in total. The molecule has 0 fully saturated rings. The van der Waals surface area contributed by atoms with Gasteiger partial charge in [0.1, 0.15) is 11.5 Å². The highest BCUT2D eigenvalue weighted by atomic mass is 16.5. The van der Waals surface area contributed by atoms with E-state index in [1.165, 1.54) is 0 Å². The maximum Gasteiger partial charge on any atom is 0.194 e. The van der Waals surface area contributed by atoms with Crippen LogP contribution in [0.4, 0.5) is 0 Å².